The lowest BCUT2D eigenvalue weighted by molar-refractivity contribution is 0.396. The van der Waals surface area contributed by atoms with Gasteiger partial charge in [0.2, 0.25) is 0 Å². The summed E-state index contributed by atoms with van der Waals surface area (Å²) in [5, 5.41) is 0.00260. The molecule has 0 aliphatic heterocycles. The van der Waals surface area contributed by atoms with Crippen molar-refractivity contribution < 1.29 is 18.3 Å². The first kappa shape index (κ1) is 17.2. The van der Waals surface area contributed by atoms with E-state index in [0.29, 0.717) is 28.2 Å². The smallest absolute Gasteiger partial charge is 0.149 e. The minimum atomic E-state index is -0.563. The van der Waals surface area contributed by atoms with Crippen molar-refractivity contribution in [3.05, 3.63) is 71.3 Å². The average molecular weight is 361 g/mol. The van der Waals surface area contributed by atoms with Gasteiger partial charge in [0.05, 0.1) is 19.2 Å². The summed E-state index contributed by atoms with van der Waals surface area (Å²) in [6.45, 7) is 0. The first-order chi connectivity index (χ1) is 12.1. The highest BCUT2D eigenvalue weighted by Gasteiger charge is 2.19. The summed E-state index contributed by atoms with van der Waals surface area (Å²) >= 11 is 5.90. The zero-order chi connectivity index (χ0) is 18.0. The molecule has 0 aromatic heterocycles. The molecule has 0 unspecified atom stereocenters. The van der Waals surface area contributed by atoms with E-state index >= 15 is 0 Å². The van der Waals surface area contributed by atoms with Crippen molar-refractivity contribution in [2.24, 2.45) is 0 Å². The molecule has 5 heteroatoms. The van der Waals surface area contributed by atoms with Gasteiger partial charge in [-0.1, -0.05) is 41.9 Å². The van der Waals surface area contributed by atoms with E-state index in [1.54, 1.807) is 42.5 Å². The van der Waals surface area contributed by atoms with Crippen molar-refractivity contribution in [1.29, 1.82) is 0 Å². The Morgan fingerprint density at radius 1 is 0.720 bits per heavy atom. The topological polar surface area (TPSA) is 18.5 Å². The maximum atomic E-state index is 14.5. The van der Waals surface area contributed by atoms with Crippen LogP contribution in [0.3, 0.4) is 0 Å². The van der Waals surface area contributed by atoms with Gasteiger partial charge in [-0.25, -0.2) is 8.78 Å². The quantitative estimate of drug-likeness (QED) is 0.570. The summed E-state index contributed by atoms with van der Waals surface area (Å²) in [6, 6.07) is 14.3. The Morgan fingerprint density at radius 3 is 1.96 bits per heavy atom. The molecular formula is C20H15ClF2O2. The normalized spacial score (nSPS) is 10.6. The van der Waals surface area contributed by atoms with Gasteiger partial charge < -0.3 is 9.47 Å². The molecule has 0 radical (unpaired) electrons. The summed E-state index contributed by atoms with van der Waals surface area (Å²) < 4.78 is 39.5. The van der Waals surface area contributed by atoms with Crippen molar-refractivity contribution in [3.8, 4) is 33.8 Å². The molecule has 3 aromatic carbocycles. The van der Waals surface area contributed by atoms with Crippen LogP contribution in [-0.4, -0.2) is 14.2 Å². The molecule has 128 valence electrons. The first-order valence-corrected chi connectivity index (χ1v) is 7.90. The number of hydrogen-bond acceptors (Lipinski definition) is 2. The maximum Gasteiger partial charge on any atom is 0.149 e. The van der Waals surface area contributed by atoms with E-state index in [0.717, 1.165) is 0 Å². The minimum absolute atomic E-state index is 0.00260. The molecule has 3 rings (SSSR count). The predicted octanol–water partition coefficient (Wildman–Crippen LogP) is 5.97. The van der Waals surface area contributed by atoms with Gasteiger partial charge >= 0.3 is 0 Å². The third-order valence-electron chi connectivity index (χ3n) is 3.93. The summed E-state index contributed by atoms with van der Waals surface area (Å²) in [5.74, 6) is -0.137. The largest absolute Gasteiger partial charge is 0.496 e. The van der Waals surface area contributed by atoms with E-state index in [1.807, 2.05) is 0 Å². The van der Waals surface area contributed by atoms with Crippen LogP contribution in [0, 0.1) is 11.6 Å². The molecule has 25 heavy (non-hydrogen) atoms. The predicted molar refractivity (Wildman–Crippen MR) is 95.3 cm³/mol. The highest BCUT2D eigenvalue weighted by atomic mass is 35.5. The second-order valence-corrected chi connectivity index (χ2v) is 5.74. The van der Waals surface area contributed by atoms with Crippen LogP contribution in [0.1, 0.15) is 0 Å². The molecule has 2 nitrogen and oxygen atoms in total. The molecule has 0 N–H and O–H groups in total. The van der Waals surface area contributed by atoms with Crippen LogP contribution in [-0.2, 0) is 0 Å². The van der Waals surface area contributed by atoms with Crippen molar-refractivity contribution >= 4 is 11.6 Å². The number of hydrogen-bond donors (Lipinski definition) is 0. The lowest BCUT2D eigenvalue weighted by atomic mass is 9.96. The zero-order valence-electron chi connectivity index (χ0n) is 13.6. The highest BCUT2D eigenvalue weighted by molar-refractivity contribution is 6.31. The molecular weight excluding hydrogens is 346 g/mol. The van der Waals surface area contributed by atoms with Crippen LogP contribution in [0.25, 0.3) is 22.3 Å². The molecule has 0 aliphatic carbocycles. The van der Waals surface area contributed by atoms with Gasteiger partial charge in [-0.15, -0.1) is 0 Å². The fourth-order valence-electron chi connectivity index (χ4n) is 2.71. The molecule has 0 heterocycles. The number of rotatable bonds is 4. The summed E-state index contributed by atoms with van der Waals surface area (Å²) in [6.07, 6.45) is 0. The van der Waals surface area contributed by atoms with Crippen molar-refractivity contribution in [3.63, 3.8) is 0 Å². The Bertz CT molecular complexity index is 926. The van der Waals surface area contributed by atoms with Crippen LogP contribution in [0.2, 0.25) is 5.02 Å². The Balaban J connectivity index is 2.31. The molecule has 0 saturated heterocycles. The van der Waals surface area contributed by atoms with Crippen LogP contribution >= 0.6 is 11.6 Å². The molecule has 0 saturated carbocycles. The van der Waals surface area contributed by atoms with E-state index < -0.39 is 11.6 Å². The van der Waals surface area contributed by atoms with E-state index in [2.05, 4.69) is 0 Å². The molecule has 0 atom stereocenters. The lowest BCUT2D eigenvalue weighted by Crippen LogP contribution is -1.96. The molecule has 3 aromatic rings. The van der Waals surface area contributed by atoms with Gasteiger partial charge in [0.25, 0.3) is 0 Å². The van der Waals surface area contributed by atoms with Crippen molar-refractivity contribution in [1.82, 2.24) is 0 Å². The summed E-state index contributed by atoms with van der Waals surface area (Å²) in [4.78, 5) is 0. The van der Waals surface area contributed by atoms with Crippen LogP contribution in [0.4, 0.5) is 8.78 Å². The first-order valence-electron chi connectivity index (χ1n) is 7.52. The average Bonchev–Trinajstić information content (AvgIpc) is 2.63. The number of ether oxygens (including phenoxy) is 2. The minimum Gasteiger partial charge on any atom is -0.496 e. The second kappa shape index (κ2) is 7.11. The van der Waals surface area contributed by atoms with Gasteiger partial charge in [-0.05, 0) is 18.2 Å². The van der Waals surface area contributed by atoms with Gasteiger partial charge in [-0.3, -0.25) is 0 Å². The van der Waals surface area contributed by atoms with Gasteiger partial charge in [0.15, 0.2) is 0 Å². The van der Waals surface area contributed by atoms with E-state index in [-0.39, 0.29) is 10.6 Å². The molecule has 0 bridgehead atoms. The number of methoxy groups -OCH3 is 2. The molecule has 0 amide bonds. The zero-order valence-corrected chi connectivity index (χ0v) is 14.4. The Hall–Kier alpha value is -2.59. The molecule has 0 spiro atoms. The van der Waals surface area contributed by atoms with Gasteiger partial charge in [-0.2, -0.15) is 0 Å². The maximum absolute atomic E-state index is 14.5. The summed E-state index contributed by atoms with van der Waals surface area (Å²) in [7, 11) is 2.96. The third-order valence-corrected chi connectivity index (χ3v) is 4.22. The number of benzene rings is 3. The fraction of sp³-hybridized carbons (Fsp3) is 0.100. The fourth-order valence-corrected chi connectivity index (χ4v) is 2.89. The van der Waals surface area contributed by atoms with Crippen molar-refractivity contribution in [2.75, 3.05) is 14.2 Å². The van der Waals surface area contributed by atoms with E-state index in [1.165, 1.54) is 26.4 Å². The second-order valence-electron chi connectivity index (χ2n) is 5.33. The lowest BCUT2D eigenvalue weighted by Gasteiger charge is -2.16. The molecule has 0 fully saturated rings. The van der Waals surface area contributed by atoms with E-state index in [9.17, 15) is 8.78 Å². The number of halogens is 3. The van der Waals surface area contributed by atoms with Crippen LogP contribution in [0.15, 0.2) is 54.6 Å². The van der Waals surface area contributed by atoms with Crippen molar-refractivity contribution in [2.45, 2.75) is 0 Å². The third kappa shape index (κ3) is 3.17. The SMILES string of the molecule is COc1cc(OC)c(-c2cccc(Cl)c2F)cc1-c1ccccc1F. The van der Waals surface area contributed by atoms with Gasteiger partial charge in [0, 0.05) is 28.3 Å². The van der Waals surface area contributed by atoms with E-state index in [4.69, 9.17) is 21.1 Å². The Labute approximate surface area is 149 Å². The standard InChI is InChI=1S/C20H15ClF2O2/c1-24-18-11-19(25-2)15(13-7-5-8-16(21)20(13)23)10-14(18)12-6-3-4-9-17(12)22/h3-11H,1-2H3. The monoisotopic (exact) mass is 360 g/mol. The Morgan fingerprint density at radius 2 is 1.32 bits per heavy atom. The van der Waals surface area contributed by atoms with Gasteiger partial charge in [0.1, 0.15) is 23.1 Å². The van der Waals surface area contributed by atoms with Crippen LogP contribution < -0.4 is 9.47 Å². The summed E-state index contributed by atoms with van der Waals surface area (Å²) in [5.41, 5.74) is 1.58. The Kier molecular flexibility index (Phi) is 4.91. The molecule has 0 aliphatic rings. The van der Waals surface area contributed by atoms with Crippen LogP contribution in [0.5, 0.6) is 11.5 Å². The highest BCUT2D eigenvalue weighted by Crippen LogP contribution is 2.42.